The number of hydrogen-bond acceptors (Lipinski definition) is 4. The second kappa shape index (κ2) is 8.75. The molecule has 0 N–H and O–H groups in total. The Bertz CT molecular complexity index is 984. The topological polar surface area (TPSA) is 77.0 Å². The van der Waals surface area contributed by atoms with E-state index in [1.165, 1.54) is 6.08 Å². The van der Waals surface area contributed by atoms with Crippen LogP contribution in [-0.4, -0.2) is 27.5 Å². The molecule has 0 unspecified atom stereocenters. The van der Waals surface area contributed by atoms with Crippen LogP contribution in [0.4, 0.5) is 0 Å². The van der Waals surface area contributed by atoms with Gasteiger partial charge in [0.25, 0.3) is 0 Å². The van der Waals surface area contributed by atoms with Crippen LogP contribution in [0.3, 0.4) is 0 Å². The molecule has 0 radical (unpaired) electrons. The molecule has 0 bridgehead atoms. The Labute approximate surface area is 166 Å². The van der Waals surface area contributed by atoms with Crippen LogP contribution >= 0.6 is 0 Å². The zero-order valence-electron chi connectivity index (χ0n) is 17.4. The lowest BCUT2D eigenvalue weighted by Crippen LogP contribution is -2.15. The number of aromatic nitrogens is 2. The Morgan fingerprint density at radius 3 is 2.36 bits per heavy atom. The van der Waals surface area contributed by atoms with Gasteiger partial charge in [-0.25, -0.2) is 4.79 Å². The van der Waals surface area contributed by atoms with Crippen LogP contribution < -0.4 is 0 Å². The zero-order valence-corrected chi connectivity index (χ0v) is 17.4. The molecular formula is C22H27N3O3. The van der Waals surface area contributed by atoms with E-state index in [0.29, 0.717) is 5.56 Å². The monoisotopic (exact) mass is 381 g/mol. The summed E-state index contributed by atoms with van der Waals surface area (Å²) < 4.78 is 9.17. The van der Waals surface area contributed by atoms with Gasteiger partial charge >= 0.3 is 5.97 Å². The van der Waals surface area contributed by atoms with Crippen molar-refractivity contribution in [3.8, 4) is 6.07 Å². The number of Topliss-reactive ketones (excluding diaryl/α,β-unsaturated/α-hetero) is 1. The average molecular weight is 381 g/mol. The predicted octanol–water partition coefficient (Wildman–Crippen LogP) is 3.80. The first-order valence-corrected chi connectivity index (χ1v) is 9.33. The second-order valence-corrected chi connectivity index (χ2v) is 6.99. The van der Waals surface area contributed by atoms with Crippen LogP contribution in [0.15, 0.2) is 17.7 Å². The molecule has 2 rings (SSSR count). The number of carbonyl (C=O) groups is 2. The number of aryl methyl sites for hydroxylation is 2. The standard InChI is InChI=1S/C22H27N3O3/c1-7-8-25-15(3)9-18(16(25)4)11-19(12-23)22(27)28-13-21(26)20-10-14(2)24(6)17(20)5/h9-11H,7-8,13H2,1-6H3/b19-11+. The van der Waals surface area contributed by atoms with Crippen LogP contribution in [-0.2, 0) is 23.1 Å². The van der Waals surface area contributed by atoms with E-state index in [2.05, 4.69) is 11.5 Å². The molecule has 0 aliphatic heterocycles. The predicted molar refractivity (Wildman–Crippen MR) is 108 cm³/mol. The Hall–Kier alpha value is -3.07. The van der Waals surface area contributed by atoms with E-state index in [-0.39, 0.29) is 11.4 Å². The zero-order chi connectivity index (χ0) is 21.0. The van der Waals surface area contributed by atoms with Gasteiger partial charge in [-0.15, -0.1) is 0 Å². The van der Waals surface area contributed by atoms with Crippen LogP contribution in [0.5, 0.6) is 0 Å². The Balaban J connectivity index is 2.15. The van der Waals surface area contributed by atoms with Crippen molar-refractivity contribution >= 4 is 17.8 Å². The minimum atomic E-state index is -0.790. The summed E-state index contributed by atoms with van der Waals surface area (Å²) in [5, 5.41) is 9.38. The first-order valence-electron chi connectivity index (χ1n) is 9.33. The Morgan fingerprint density at radius 1 is 1.14 bits per heavy atom. The van der Waals surface area contributed by atoms with Crippen molar-refractivity contribution in [2.45, 2.75) is 47.6 Å². The molecule has 2 aromatic rings. The summed E-state index contributed by atoms with van der Waals surface area (Å²) in [6, 6.07) is 5.60. The quantitative estimate of drug-likeness (QED) is 0.316. The molecule has 0 spiro atoms. The van der Waals surface area contributed by atoms with E-state index in [4.69, 9.17) is 4.74 Å². The third-order valence-corrected chi connectivity index (χ3v) is 5.11. The summed E-state index contributed by atoms with van der Waals surface area (Å²) in [4.78, 5) is 24.7. The number of carbonyl (C=O) groups excluding carboxylic acids is 2. The van der Waals surface area contributed by atoms with E-state index in [1.807, 2.05) is 51.4 Å². The third-order valence-electron chi connectivity index (χ3n) is 5.11. The molecule has 2 heterocycles. The Kier molecular flexibility index (Phi) is 6.63. The minimum absolute atomic E-state index is 0.120. The fourth-order valence-electron chi connectivity index (χ4n) is 3.26. The molecule has 0 aliphatic rings. The molecule has 0 fully saturated rings. The summed E-state index contributed by atoms with van der Waals surface area (Å²) in [5.41, 5.74) is 5.04. The first-order chi connectivity index (χ1) is 13.2. The van der Waals surface area contributed by atoms with Gasteiger partial charge in [0.05, 0.1) is 0 Å². The molecule has 0 aliphatic carbocycles. The fraction of sp³-hybridized carbons (Fsp3) is 0.409. The van der Waals surface area contributed by atoms with Crippen molar-refractivity contribution in [3.63, 3.8) is 0 Å². The van der Waals surface area contributed by atoms with Gasteiger partial charge in [-0.3, -0.25) is 4.79 Å². The molecule has 148 valence electrons. The van der Waals surface area contributed by atoms with Crippen molar-refractivity contribution in [2.24, 2.45) is 7.05 Å². The number of ether oxygens (including phenoxy) is 1. The average Bonchev–Trinajstić information content (AvgIpc) is 3.08. The molecule has 0 aromatic carbocycles. The SMILES string of the molecule is CCCn1c(C)cc(/C=C(\C#N)C(=O)OCC(=O)c2cc(C)n(C)c2C)c1C. The highest BCUT2D eigenvalue weighted by molar-refractivity contribution is 6.02. The van der Waals surface area contributed by atoms with Gasteiger partial charge in [0.15, 0.2) is 6.61 Å². The van der Waals surface area contributed by atoms with Gasteiger partial charge in [0, 0.05) is 41.9 Å². The number of ketones is 1. The van der Waals surface area contributed by atoms with Gasteiger partial charge in [0.2, 0.25) is 5.78 Å². The van der Waals surface area contributed by atoms with Gasteiger partial charge in [-0.1, -0.05) is 6.92 Å². The van der Waals surface area contributed by atoms with Crippen LogP contribution in [0.25, 0.3) is 6.08 Å². The van der Waals surface area contributed by atoms with Gasteiger partial charge in [-0.2, -0.15) is 5.26 Å². The van der Waals surface area contributed by atoms with Crippen molar-refractivity contribution in [3.05, 3.63) is 51.6 Å². The van der Waals surface area contributed by atoms with E-state index < -0.39 is 12.6 Å². The van der Waals surface area contributed by atoms with Gasteiger partial charge in [0.1, 0.15) is 11.6 Å². The number of hydrogen-bond donors (Lipinski definition) is 0. The molecule has 0 amide bonds. The highest BCUT2D eigenvalue weighted by Gasteiger charge is 2.18. The van der Waals surface area contributed by atoms with E-state index in [0.717, 1.165) is 41.3 Å². The summed E-state index contributed by atoms with van der Waals surface area (Å²) in [6.07, 6.45) is 2.52. The van der Waals surface area contributed by atoms with Gasteiger partial charge in [-0.05, 0) is 57.9 Å². The summed E-state index contributed by atoms with van der Waals surface area (Å²) >= 11 is 0. The number of nitriles is 1. The summed E-state index contributed by atoms with van der Waals surface area (Å²) in [6.45, 7) is 10.3. The van der Waals surface area contributed by atoms with E-state index in [9.17, 15) is 14.9 Å². The Morgan fingerprint density at radius 2 is 1.82 bits per heavy atom. The van der Waals surface area contributed by atoms with E-state index in [1.54, 1.807) is 6.07 Å². The second-order valence-electron chi connectivity index (χ2n) is 6.99. The third kappa shape index (κ3) is 4.25. The summed E-state index contributed by atoms with van der Waals surface area (Å²) in [7, 11) is 1.87. The van der Waals surface area contributed by atoms with Crippen LogP contribution in [0.1, 0.15) is 52.0 Å². The van der Waals surface area contributed by atoms with Crippen LogP contribution in [0, 0.1) is 39.0 Å². The van der Waals surface area contributed by atoms with E-state index >= 15 is 0 Å². The summed E-state index contributed by atoms with van der Waals surface area (Å²) in [5.74, 6) is -1.07. The molecule has 0 atom stereocenters. The maximum Gasteiger partial charge on any atom is 0.349 e. The van der Waals surface area contributed by atoms with Crippen molar-refractivity contribution in [1.82, 2.24) is 9.13 Å². The number of esters is 1. The molecule has 0 saturated heterocycles. The number of nitrogens with zero attached hydrogens (tertiary/aromatic N) is 3. The molecule has 6 nitrogen and oxygen atoms in total. The molecule has 6 heteroatoms. The molecular weight excluding hydrogens is 354 g/mol. The van der Waals surface area contributed by atoms with Crippen molar-refractivity contribution < 1.29 is 14.3 Å². The van der Waals surface area contributed by atoms with Crippen molar-refractivity contribution in [2.75, 3.05) is 6.61 Å². The largest absolute Gasteiger partial charge is 0.453 e. The molecule has 2 aromatic heterocycles. The minimum Gasteiger partial charge on any atom is -0.453 e. The fourth-order valence-corrected chi connectivity index (χ4v) is 3.26. The van der Waals surface area contributed by atoms with Crippen molar-refractivity contribution in [1.29, 1.82) is 5.26 Å². The lowest BCUT2D eigenvalue weighted by molar-refractivity contribution is -0.137. The molecule has 0 saturated carbocycles. The highest BCUT2D eigenvalue weighted by atomic mass is 16.5. The lowest BCUT2D eigenvalue weighted by atomic mass is 10.1. The number of rotatable bonds is 7. The highest BCUT2D eigenvalue weighted by Crippen LogP contribution is 2.19. The van der Waals surface area contributed by atoms with Crippen LogP contribution in [0.2, 0.25) is 0 Å². The molecule has 28 heavy (non-hydrogen) atoms. The lowest BCUT2D eigenvalue weighted by Gasteiger charge is -2.07. The normalized spacial score (nSPS) is 11.4. The maximum atomic E-state index is 12.4. The maximum absolute atomic E-state index is 12.4. The first kappa shape index (κ1) is 21.2. The van der Waals surface area contributed by atoms with Gasteiger partial charge < -0.3 is 13.9 Å². The smallest absolute Gasteiger partial charge is 0.349 e.